The lowest BCUT2D eigenvalue weighted by Gasteiger charge is -2.20. The number of rotatable bonds is 10. The first kappa shape index (κ1) is 22.8. The molecule has 8 nitrogen and oxygen atoms in total. The Balaban J connectivity index is 1.21. The van der Waals surface area contributed by atoms with Crippen LogP contribution in [0.4, 0.5) is 5.69 Å². The summed E-state index contributed by atoms with van der Waals surface area (Å²) < 4.78 is 40.1. The Morgan fingerprint density at radius 2 is 2.03 bits per heavy atom. The first-order chi connectivity index (χ1) is 15.5. The lowest BCUT2D eigenvalue weighted by atomic mass is 10.2. The maximum atomic E-state index is 12.8. The zero-order chi connectivity index (χ0) is 22.6. The molecule has 0 atom stereocenters. The topological polar surface area (TPSA) is 88.8 Å². The standard InChI is InChI=1S/C22H27ClN4O4S/c1-2-6-22-25-19-8-7-18(16-20(19)31-22)30-14-5-3-4-11-26-12-13-27(32(26,28)29)17-9-10-24-21(23)15-17/h7-10,15-16H,2-6,11-14H2,1H3. The first-order valence-electron chi connectivity index (χ1n) is 10.9. The highest BCUT2D eigenvalue weighted by molar-refractivity contribution is 7.90. The van der Waals surface area contributed by atoms with E-state index in [0.717, 1.165) is 54.8 Å². The third kappa shape index (κ3) is 5.16. The van der Waals surface area contributed by atoms with Crippen molar-refractivity contribution in [2.24, 2.45) is 0 Å². The third-order valence-corrected chi connectivity index (χ3v) is 7.52. The quantitative estimate of drug-likeness (QED) is 0.316. The molecule has 0 amide bonds. The summed E-state index contributed by atoms with van der Waals surface area (Å²) >= 11 is 5.91. The highest BCUT2D eigenvalue weighted by Crippen LogP contribution is 2.27. The number of anilines is 1. The molecule has 2 aromatic heterocycles. The molecule has 1 aliphatic rings. The monoisotopic (exact) mass is 478 g/mol. The number of ether oxygens (including phenoxy) is 1. The van der Waals surface area contributed by atoms with Crippen LogP contribution < -0.4 is 9.04 Å². The van der Waals surface area contributed by atoms with Crippen LogP contribution in [0.5, 0.6) is 5.75 Å². The summed E-state index contributed by atoms with van der Waals surface area (Å²) in [5.41, 5.74) is 2.13. The number of hydrogen-bond acceptors (Lipinski definition) is 6. The van der Waals surface area contributed by atoms with Crippen LogP contribution in [0, 0.1) is 0 Å². The van der Waals surface area contributed by atoms with E-state index >= 15 is 0 Å². The van der Waals surface area contributed by atoms with Gasteiger partial charge in [0, 0.05) is 38.3 Å². The average molecular weight is 479 g/mol. The first-order valence-corrected chi connectivity index (χ1v) is 12.7. The minimum Gasteiger partial charge on any atom is -0.493 e. The molecule has 4 rings (SSSR count). The van der Waals surface area contributed by atoms with Crippen LogP contribution in [-0.4, -0.2) is 48.9 Å². The molecule has 1 aliphatic heterocycles. The van der Waals surface area contributed by atoms with Crippen LogP contribution in [-0.2, 0) is 16.6 Å². The van der Waals surface area contributed by atoms with Gasteiger partial charge in [0.05, 0.1) is 12.3 Å². The minimum atomic E-state index is -3.52. The molecular weight excluding hydrogens is 452 g/mol. The molecule has 1 aromatic carbocycles. The van der Waals surface area contributed by atoms with Crippen molar-refractivity contribution in [3.63, 3.8) is 0 Å². The molecular formula is C22H27ClN4O4S. The Bertz CT molecular complexity index is 1170. The van der Waals surface area contributed by atoms with Crippen LogP contribution in [0.3, 0.4) is 0 Å². The summed E-state index contributed by atoms with van der Waals surface area (Å²) in [5, 5.41) is 0.278. The van der Waals surface area contributed by atoms with Crippen LogP contribution in [0.2, 0.25) is 5.15 Å². The molecule has 0 radical (unpaired) electrons. The zero-order valence-corrected chi connectivity index (χ0v) is 19.6. The van der Waals surface area contributed by atoms with Crippen molar-refractivity contribution in [3.05, 3.63) is 47.6 Å². The second-order valence-corrected chi connectivity index (χ2v) is 9.95. The van der Waals surface area contributed by atoms with Crippen molar-refractivity contribution in [1.82, 2.24) is 14.3 Å². The number of hydrogen-bond donors (Lipinski definition) is 0. The molecule has 3 heterocycles. The molecule has 1 fully saturated rings. The van der Waals surface area contributed by atoms with Gasteiger partial charge in [-0.1, -0.05) is 18.5 Å². The molecule has 0 spiro atoms. The fraction of sp³-hybridized carbons (Fsp3) is 0.455. The van der Waals surface area contributed by atoms with E-state index in [1.807, 2.05) is 18.2 Å². The Hall–Kier alpha value is -2.36. The zero-order valence-electron chi connectivity index (χ0n) is 18.0. The second-order valence-electron chi connectivity index (χ2n) is 7.71. The second kappa shape index (κ2) is 10.1. The van der Waals surface area contributed by atoms with Crippen molar-refractivity contribution in [2.75, 3.05) is 30.5 Å². The molecule has 172 valence electrons. The fourth-order valence-corrected chi connectivity index (χ4v) is 5.54. The van der Waals surface area contributed by atoms with Crippen LogP contribution in [0.25, 0.3) is 11.1 Å². The number of aromatic nitrogens is 2. The molecule has 0 aliphatic carbocycles. The Kier molecular flexibility index (Phi) is 7.17. The number of fused-ring (bicyclic) bond motifs is 1. The maximum absolute atomic E-state index is 12.8. The predicted octanol–water partition coefficient (Wildman–Crippen LogP) is 4.44. The molecule has 0 unspecified atom stereocenters. The normalized spacial score (nSPS) is 16.1. The molecule has 10 heteroatoms. The summed E-state index contributed by atoms with van der Waals surface area (Å²) in [4.78, 5) is 8.37. The molecule has 3 aromatic rings. The van der Waals surface area contributed by atoms with E-state index in [2.05, 4.69) is 16.9 Å². The number of oxazole rings is 1. The third-order valence-electron chi connectivity index (χ3n) is 5.34. The van der Waals surface area contributed by atoms with E-state index in [4.69, 9.17) is 20.8 Å². The number of benzene rings is 1. The molecule has 0 saturated carbocycles. The number of pyridine rings is 1. The predicted molar refractivity (Wildman–Crippen MR) is 124 cm³/mol. The van der Waals surface area contributed by atoms with Gasteiger partial charge >= 0.3 is 10.2 Å². The van der Waals surface area contributed by atoms with Gasteiger partial charge in [0.1, 0.15) is 16.4 Å². The summed E-state index contributed by atoms with van der Waals surface area (Å²) in [6.45, 7) is 4.03. The van der Waals surface area contributed by atoms with Gasteiger partial charge < -0.3 is 9.15 Å². The van der Waals surface area contributed by atoms with Gasteiger partial charge in [0.15, 0.2) is 11.5 Å². The number of aryl methyl sites for hydroxylation is 1. The van der Waals surface area contributed by atoms with E-state index in [1.165, 1.54) is 14.8 Å². The smallest absolute Gasteiger partial charge is 0.304 e. The maximum Gasteiger partial charge on any atom is 0.304 e. The van der Waals surface area contributed by atoms with Crippen molar-refractivity contribution in [2.45, 2.75) is 39.0 Å². The Labute approximate surface area is 193 Å². The van der Waals surface area contributed by atoms with Crippen molar-refractivity contribution < 1.29 is 17.6 Å². The molecule has 1 saturated heterocycles. The SMILES string of the molecule is CCCc1nc2ccc(OCCCCCN3CCN(c4ccnc(Cl)c4)S3(=O)=O)cc2o1. The minimum absolute atomic E-state index is 0.278. The highest BCUT2D eigenvalue weighted by atomic mass is 35.5. The summed E-state index contributed by atoms with van der Waals surface area (Å²) in [6.07, 6.45) is 5.82. The molecule has 0 bridgehead atoms. The van der Waals surface area contributed by atoms with Gasteiger partial charge in [-0.2, -0.15) is 12.7 Å². The number of halogens is 1. The van der Waals surface area contributed by atoms with Gasteiger partial charge in [-0.3, -0.25) is 4.31 Å². The van der Waals surface area contributed by atoms with E-state index in [1.54, 1.807) is 12.1 Å². The van der Waals surface area contributed by atoms with E-state index in [0.29, 0.717) is 31.9 Å². The van der Waals surface area contributed by atoms with Gasteiger partial charge in [0.25, 0.3) is 0 Å². The van der Waals surface area contributed by atoms with E-state index in [9.17, 15) is 8.42 Å². The van der Waals surface area contributed by atoms with E-state index < -0.39 is 10.2 Å². The van der Waals surface area contributed by atoms with Gasteiger partial charge in [-0.25, -0.2) is 9.97 Å². The van der Waals surface area contributed by atoms with Crippen molar-refractivity contribution in [3.8, 4) is 5.75 Å². The highest BCUT2D eigenvalue weighted by Gasteiger charge is 2.36. The van der Waals surface area contributed by atoms with Crippen LogP contribution in [0.1, 0.15) is 38.5 Å². The largest absolute Gasteiger partial charge is 0.493 e. The van der Waals surface area contributed by atoms with Crippen LogP contribution >= 0.6 is 11.6 Å². The summed E-state index contributed by atoms with van der Waals surface area (Å²) in [5.74, 6) is 1.51. The van der Waals surface area contributed by atoms with Crippen molar-refractivity contribution >= 4 is 38.6 Å². The average Bonchev–Trinajstić information content (AvgIpc) is 3.29. The lowest BCUT2D eigenvalue weighted by molar-refractivity contribution is 0.302. The molecule has 32 heavy (non-hydrogen) atoms. The fourth-order valence-electron chi connectivity index (χ4n) is 3.73. The Morgan fingerprint density at radius 1 is 1.16 bits per heavy atom. The van der Waals surface area contributed by atoms with Gasteiger partial charge in [-0.05, 0) is 49.9 Å². The summed E-state index contributed by atoms with van der Waals surface area (Å²) in [7, 11) is -3.52. The number of unbranched alkanes of at least 4 members (excludes halogenated alkanes) is 2. The van der Waals surface area contributed by atoms with Crippen molar-refractivity contribution in [1.29, 1.82) is 0 Å². The summed E-state index contributed by atoms with van der Waals surface area (Å²) in [6, 6.07) is 8.91. The van der Waals surface area contributed by atoms with Gasteiger partial charge in [0.2, 0.25) is 0 Å². The van der Waals surface area contributed by atoms with E-state index in [-0.39, 0.29) is 5.15 Å². The van der Waals surface area contributed by atoms with Gasteiger partial charge in [-0.15, -0.1) is 0 Å². The number of nitrogens with zero attached hydrogens (tertiary/aromatic N) is 4. The lowest BCUT2D eigenvalue weighted by Crippen LogP contribution is -2.33. The Morgan fingerprint density at radius 3 is 2.84 bits per heavy atom. The molecule has 0 N–H and O–H groups in total. The van der Waals surface area contributed by atoms with Crippen LogP contribution in [0.15, 0.2) is 40.9 Å².